The zero-order valence-corrected chi connectivity index (χ0v) is 18.3. The lowest BCUT2D eigenvalue weighted by molar-refractivity contribution is -0.00746. The van der Waals surface area contributed by atoms with Gasteiger partial charge in [0.15, 0.2) is 0 Å². The molecular weight excluding hydrogens is 438 g/mol. The second-order valence-corrected chi connectivity index (χ2v) is 9.26. The summed E-state index contributed by atoms with van der Waals surface area (Å²) in [6, 6.07) is 13.4. The number of benzene rings is 2. The summed E-state index contributed by atoms with van der Waals surface area (Å²) in [6.45, 7) is 0.0332. The molecule has 0 spiro atoms. The number of aromatic nitrogens is 3. The molecule has 31 heavy (non-hydrogen) atoms. The van der Waals surface area contributed by atoms with Crippen LogP contribution in [0.15, 0.2) is 61.2 Å². The molecule has 0 bridgehead atoms. The Morgan fingerprint density at radius 2 is 2.00 bits per heavy atom. The molecule has 0 amide bonds. The Balaban J connectivity index is 1.58. The predicted octanol–water partition coefficient (Wildman–Crippen LogP) is 4.13. The van der Waals surface area contributed by atoms with Gasteiger partial charge in [0.05, 0.1) is 13.1 Å². The second-order valence-electron chi connectivity index (χ2n) is 7.65. The molecule has 4 rings (SSSR count). The van der Waals surface area contributed by atoms with Crippen LogP contribution in [-0.2, 0) is 17.9 Å². The number of halogens is 2. The molecular formula is C22H22F2N4OS2. The van der Waals surface area contributed by atoms with Gasteiger partial charge in [-0.3, -0.25) is 0 Å². The van der Waals surface area contributed by atoms with Crippen LogP contribution < -0.4 is 0 Å². The minimum atomic E-state index is -1.68. The molecule has 1 atom stereocenters. The highest BCUT2D eigenvalue weighted by molar-refractivity contribution is 8.22. The number of thiocarbonyl (C=S) groups is 1. The fourth-order valence-corrected chi connectivity index (χ4v) is 4.73. The van der Waals surface area contributed by atoms with E-state index in [2.05, 4.69) is 10.1 Å². The van der Waals surface area contributed by atoms with Crippen molar-refractivity contribution < 1.29 is 13.9 Å². The Morgan fingerprint density at radius 1 is 1.23 bits per heavy atom. The van der Waals surface area contributed by atoms with Crippen molar-refractivity contribution in [1.82, 2.24) is 19.7 Å². The van der Waals surface area contributed by atoms with E-state index in [4.69, 9.17) is 12.2 Å². The van der Waals surface area contributed by atoms with Crippen LogP contribution in [0.3, 0.4) is 0 Å². The van der Waals surface area contributed by atoms with Gasteiger partial charge in [0.25, 0.3) is 0 Å². The Kier molecular flexibility index (Phi) is 6.64. The minimum absolute atomic E-state index is 0.00547. The maximum absolute atomic E-state index is 14.7. The first-order chi connectivity index (χ1) is 14.9. The van der Waals surface area contributed by atoms with E-state index in [0.29, 0.717) is 10.1 Å². The number of hydrogen-bond acceptors (Lipinski definition) is 5. The minimum Gasteiger partial charge on any atom is -0.381 e. The summed E-state index contributed by atoms with van der Waals surface area (Å²) in [5.74, 6) is -0.798. The third kappa shape index (κ3) is 5.47. The Hall–Kier alpha value is -2.36. The first-order valence-corrected chi connectivity index (χ1v) is 11.3. The van der Waals surface area contributed by atoms with Gasteiger partial charge in [0.1, 0.15) is 34.2 Å². The summed E-state index contributed by atoms with van der Waals surface area (Å²) in [5.41, 5.74) is -0.523. The monoisotopic (exact) mass is 460 g/mol. The van der Waals surface area contributed by atoms with Gasteiger partial charge in [-0.05, 0) is 24.5 Å². The summed E-state index contributed by atoms with van der Waals surface area (Å²) < 4.78 is 30.3. The van der Waals surface area contributed by atoms with E-state index in [-0.39, 0.29) is 24.7 Å². The summed E-state index contributed by atoms with van der Waals surface area (Å²) in [5, 5.41) is 15.7. The van der Waals surface area contributed by atoms with E-state index in [1.807, 2.05) is 35.2 Å². The first-order valence-electron chi connectivity index (χ1n) is 9.92. The fraction of sp³-hybridized carbons (Fsp3) is 0.318. The van der Waals surface area contributed by atoms with Gasteiger partial charge in [-0.25, -0.2) is 18.4 Å². The Labute approximate surface area is 189 Å². The molecule has 162 valence electrons. The van der Waals surface area contributed by atoms with Gasteiger partial charge in [-0.2, -0.15) is 5.10 Å². The van der Waals surface area contributed by atoms with Crippen molar-refractivity contribution in [3.05, 3.63) is 83.9 Å². The van der Waals surface area contributed by atoms with Crippen LogP contribution >= 0.6 is 24.0 Å². The maximum atomic E-state index is 14.7. The standard InChI is InChI=1S/C22H22F2N4OS2/c23-17-6-9-19(20(24)10-17)22(29,12-27-15-25-14-26-27)13-28(18-7-8-18)21(30)31-11-16-4-2-1-3-5-16/h1-6,9-10,14-15,18,29H,7-8,11-13H2. The zero-order valence-electron chi connectivity index (χ0n) is 16.7. The summed E-state index contributed by atoms with van der Waals surface area (Å²) in [6.07, 6.45) is 4.71. The van der Waals surface area contributed by atoms with Crippen LogP contribution in [0.5, 0.6) is 0 Å². The third-order valence-corrected chi connectivity index (χ3v) is 6.73. The molecule has 0 radical (unpaired) electrons. The molecule has 3 aromatic rings. The van der Waals surface area contributed by atoms with Crippen molar-refractivity contribution in [3.63, 3.8) is 0 Å². The van der Waals surface area contributed by atoms with Crippen LogP contribution in [-0.4, -0.2) is 41.7 Å². The summed E-state index contributed by atoms with van der Waals surface area (Å²) in [4.78, 5) is 5.87. The predicted molar refractivity (Wildman–Crippen MR) is 120 cm³/mol. The normalized spacial score (nSPS) is 15.5. The van der Waals surface area contributed by atoms with E-state index in [9.17, 15) is 13.9 Å². The number of hydrogen-bond donors (Lipinski definition) is 1. The van der Waals surface area contributed by atoms with Gasteiger partial charge in [0, 0.05) is 23.4 Å². The molecule has 0 aliphatic heterocycles. The lowest BCUT2D eigenvalue weighted by Gasteiger charge is -2.36. The molecule has 1 heterocycles. The van der Waals surface area contributed by atoms with Crippen LogP contribution in [0.1, 0.15) is 24.0 Å². The molecule has 1 fully saturated rings. The number of thioether (sulfide) groups is 1. The number of rotatable bonds is 8. The van der Waals surface area contributed by atoms with E-state index >= 15 is 0 Å². The average Bonchev–Trinajstić information content (AvgIpc) is 3.47. The molecule has 1 unspecified atom stereocenters. The highest BCUT2D eigenvalue weighted by atomic mass is 32.2. The fourth-order valence-electron chi connectivity index (χ4n) is 3.48. The highest BCUT2D eigenvalue weighted by Crippen LogP contribution is 2.35. The average molecular weight is 461 g/mol. The van der Waals surface area contributed by atoms with Crippen molar-refractivity contribution in [2.75, 3.05) is 6.54 Å². The van der Waals surface area contributed by atoms with Crippen LogP contribution in [0.2, 0.25) is 0 Å². The van der Waals surface area contributed by atoms with Crippen molar-refractivity contribution in [2.24, 2.45) is 0 Å². The molecule has 9 heteroatoms. The van der Waals surface area contributed by atoms with Crippen LogP contribution in [0, 0.1) is 11.6 Å². The SMILES string of the molecule is OC(CN(C(=S)SCc1ccccc1)C1CC1)(Cn1cncn1)c1ccc(F)cc1F. The molecule has 1 aromatic heterocycles. The van der Waals surface area contributed by atoms with Gasteiger partial charge in [-0.1, -0.05) is 60.4 Å². The van der Waals surface area contributed by atoms with Crippen LogP contribution in [0.4, 0.5) is 8.78 Å². The summed E-state index contributed by atoms with van der Waals surface area (Å²) in [7, 11) is 0. The van der Waals surface area contributed by atoms with E-state index in [1.165, 1.54) is 35.2 Å². The van der Waals surface area contributed by atoms with Crippen molar-refractivity contribution in [3.8, 4) is 0 Å². The number of aliphatic hydroxyl groups is 1. The first kappa shape index (κ1) is 21.9. The highest BCUT2D eigenvalue weighted by Gasteiger charge is 2.41. The van der Waals surface area contributed by atoms with Gasteiger partial charge >= 0.3 is 0 Å². The van der Waals surface area contributed by atoms with E-state index in [1.54, 1.807) is 0 Å². The molecule has 1 N–H and O–H groups in total. The largest absolute Gasteiger partial charge is 0.381 e. The lowest BCUT2D eigenvalue weighted by Crippen LogP contribution is -2.46. The van der Waals surface area contributed by atoms with Crippen LogP contribution in [0.25, 0.3) is 0 Å². The van der Waals surface area contributed by atoms with Gasteiger partial charge in [-0.15, -0.1) is 0 Å². The third-order valence-electron chi connectivity index (χ3n) is 5.18. The molecule has 5 nitrogen and oxygen atoms in total. The van der Waals surface area contributed by atoms with E-state index < -0.39 is 17.2 Å². The quantitative estimate of drug-likeness (QED) is 0.511. The Bertz CT molecular complexity index is 1030. The van der Waals surface area contributed by atoms with Crippen molar-refractivity contribution >= 4 is 28.3 Å². The second kappa shape index (κ2) is 9.42. The molecule has 2 aromatic carbocycles. The molecule has 0 saturated heterocycles. The molecule has 1 saturated carbocycles. The molecule has 1 aliphatic carbocycles. The number of nitrogens with zero attached hydrogens (tertiary/aromatic N) is 4. The van der Waals surface area contributed by atoms with Crippen molar-refractivity contribution in [2.45, 2.75) is 36.8 Å². The summed E-state index contributed by atoms with van der Waals surface area (Å²) >= 11 is 7.21. The Morgan fingerprint density at radius 3 is 2.65 bits per heavy atom. The molecule has 1 aliphatic rings. The van der Waals surface area contributed by atoms with Crippen molar-refractivity contribution in [1.29, 1.82) is 0 Å². The van der Waals surface area contributed by atoms with Gasteiger partial charge < -0.3 is 10.0 Å². The topological polar surface area (TPSA) is 54.2 Å². The van der Waals surface area contributed by atoms with E-state index in [0.717, 1.165) is 30.5 Å². The lowest BCUT2D eigenvalue weighted by atomic mass is 9.92. The van der Waals surface area contributed by atoms with Gasteiger partial charge in [0.2, 0.25) is 0 Å². The maximum Gasteiger partial charge on any atom is 0.137 e. The smallest absolute Gasteiger partial charge is 0.137 e. The zero-order chi connectivity index (χ0) is 21.8.